The van der Waals surface area contributed by atoms with Gasteiger partial charge in [0.05, 0.1) is 31.1 Å². The number of aliphatic imine (C=N–C) groups is 1. The summed E-state index contributed by atoms with van der Waals surface area (Å²) in [6, 6.07) is 11.5. The van der Waals surface area contributed by atoms with Gasteiger partial charge in [-0.25, -0.2) is 4.99 Å². The molecule has 0 aliphatic carbocycles. The molecule has 1 amide bonds. The second-order valence-corrected chi connectivity index (χ2v) is 9.93. The third kappa shape index (κ3) is 6.92. The number of hydroxylamine groups is 2. The number of likely N-dealkylation sites (N-methyl/N-ethyl adjacent to an activating group) is 1. The Labute approximate surface area is 235 Å². The molecule has 2 saturated heterocycles. The van der Waals surface area contributed by atoms with Crippen molar-refractivity contribution in [2.45, 2.75) is 26.3 Å². The standard InChI is InChI=1S/C29H37ClN6O3/c1-5-29(37)33-23-18-24(27(38-4)19-26(23)35-14-12-34(6-2)13-15-35)32-28(31)17-20(3)36-25(11-16-39-36)21-7-9-22(30)10-8-21/h5,7-10,17-19,25H,1,6,11-16H2,2-4H3,(H2,31,32)(H,33,37)/b20-17+/t25-/m1/s1. The summed E-state index contributed by atoms with van der Waals surface area (Å²) in [4.78, 5) is 27.5. The lowest BCUT2D eigenvalue weighted by atomic mass is 10.0. The Kier molecular flexibility index (Phi) is 9.50. The molecule has 0 radical (unpaired) electrons. The number of anilines is 2. The summed E-state index contributed by atoms with van der Waals surface area (Å²) in [5.41, 5.74) is 10.3. The summed E-state index contributed by atoms with van der Waals surface area (Å²) >= 11 is 6.07. The number of nitrogens with two attached hydrogens (primary N) is 1. The number of halogens is 1. The van der Waals surface area contributed by atoms with Gasteiger partial charge in [-0.1, -0.05) is 37.2 Å². The fraction of sp³-hybridized carbons (Fsp3) is 0.379. The van der Waals surface area contributed by atoms with Crippen LogP contribution in [0.15, 0.2) is 65.8 Å². The zero-order valence-corrected chi connectivity index (χ0v) is 23.6. The van der Waals surface area contributed by atoms with E-state index in [1.165, 1.54) is 6.08 Å². The third-order valence-corrected chi connectivity index (χ3v) is 7.27. The van der Waals surface area contributed by atoms with Gasteiger partial charge in [0.15, 0.2) is 0 Å². The lowest BCUT2D eigenvalue weighted by molar-refractivity contribution is -0.111. The van der Waals surface area contributed by atoms with Gasteiger partial charge >= 0.3 is 0 Å². The number of hydrogen-bond donors (Lipinski definition) is 2. The van der Waals surface area contributed by atoms with Gasteiger partial charge < -0.3 is 25.6 Å². The van der Waals surface area contributed by atoms with E-state index in [-0.39, 0.29) is 17.8 Å². The molecule has 9 nitrogen and oxygen atoms in total. The van der Waals surface area contributed by atoms with Crippen LogP contribution in [0.1, 0.15) is 31.9 Å². The maximum absolute atomic E-state index is 12.3. The molecule has 2 aliphatic rings. The lowest BCUT2D eigenvalue weighted by Crippen LogP contribution is -2.46. The van der Waals surface area contributed by atoms with E-state index in [2.05, 4.69) is 33.6 Å². The predicted molar refractivity (Wildman–Crippen MR) is 158 cm³/mol. The monoisotopic (exact) mass is 552 g/mol. The highest BCUT2D eigenvalue weighted by molar-refractivity contribution is 6.30. The number of allylic oxidation sites excluding steroid dienone is 1. The number of hydrogen-bond acceptors (Lipinski definition) is 7. The molecule has 0 bridgehead atoms. The Hall–Kier alpha value is -3.53. The molecule has 2 heterocycles. The lowest BCUT2D eigenvalue weighted by Gasteiger charge is -2.36. The van der Waals surface area contributed by atoms with Crippen LogP contribution in [0, 0.1) is 0 Å². The van der Waals surface area contributed by atoms with E-state index >= 15 is 0 Å². The molecule has 2 aliphatic heterocycles. The van der Waals surface area contributed by atoms with E-state index in [9.17, 15) is 4.79 Å². The number of piperazine rings is 1. The Bertz CT molecular complexity index is 1240. The Morgan fingerprint density at radius 2 is 1.97 bits per heavy atom. The van der Waals surface area contributed by atoms with Crippen molar-refractivity contribution < 1.29 is 14.4 Å². The molecule has 0 saturated carbocycles. The van der Waals surface area contributed by atoms with Crippen molar-refractivity contribution in [1.82, 2.24) is 9.96 Å². The highest BCUT2D eigenvalue weighted by Gasteiger charge is 2.28. The maximum Gasteiger partial charge on any atom is 0.247 e. The maximum atomic E-state index is 12.3. The Morgan fingerprint density at radius 1 is 1.26 bits per heavy atom. The van der Waals surface area contributed by atoms with Crippen molar-refractivity contribution >= 4 is 40.4 Å². The largest absolute Gasteiger partial charge is 0.494 e. The van der Waals surface area contributed by atoms with E-state index in [0.717, 1.165) is 56.1 Å². The van der Waals surface area contributed by atoms with E-state index in [0.29, 0.717) is 28.8 Å². The van der Waals surface area contributed by atoms with Gasteiger partial charge in [0.1, 0.15) is 17.3 Å². The van der Waals surface area contributed by atoms with Crippen LogP contribution in [-0.4, -0.2) is 68.1 Å². The van der Waals surface area contributed by atoms with Crippen molar-refractivity contribution in [3.05, 3.63) is 71.4 Å². The molecule has 0 unspecified atom stereocenters. The average molecular weight is 553 g/mol. The van der Waals surface area contributed by atoms with Crippen molar-refractivity contribution in [2.24, 2.45) is 10.7 Å². The number of nitrogens with zero attached hydrogens (tertiary/aromatic N) is 4. The second-order valence-electron chi connectivity index (χ2n) is 9.49. The molecule has 2 aromatic rings. The number of nitrogens with one attached hydrogen (secondary N) is 1. The molecule has 2 aromatic carbocycles. The number of amidine groups is 1. The third-order valence-electron chi connectivity index (χ3n) is 7.01. The topological polar surface area (TPSA) is 95.7 Å². The predicted octanol–water partition coefficient (Wildman–Crippen LogP) is 4.89. The van der Waals surface area contributed by atoms with Crippen LogP contribution < -0.4 is 20.7 Å². The molecule has 4 rings (SSSR count). The smallest absolute Gasteiger partial charge is 0.247 e. The number of carbonyl (C=O) groups excluding carboxylic acids is 1. The summed E-state index contributed by atoms with van der Waals surface area (Å²) in [6.45, 7) is 12.9. The first-order chi connectivity index (χ1) is 18.8. The molecule has 10 heteroatoms. The normalized spacial score (nSPS) is 18.8. The Balaban J connectivity index is 1.62. The van der Waals surface area contributed by atoms with Gasteiger partial charge in [0.25, 0.3) is 0 Å². The minimum absolute atomic E-state index is 0.0500. The highest BCUT2D eigenvalue weighted by atomic mass is 35.5. The molecule has 1 atom stereocenters. The number of ether oxygens (including phenoxy) is 1. The summed E-state index contributed by atoms with van der Waals surface area (Å²) in [5, 5.41) is 5.48. The van der Waals surface area contributed by atoms with Crippen LogP contribution in [0.4, 0.5) is 17.1 Å². The molecular formula is C29H37ClN6O3. The van der Waals surface area contributed by atoms with Crippen molar-refractivity contribution in [3.8, 4) is 5.75 Å². The molecule has 208 valence electrons. The first-order valence-corrected chi connectivity index (χ1v) is 13.5. The van der Waals surface area contributed by atoms with Gasteiger partial charge in [-0.15, -0.1) is 0 Å². The van der Waals surface area contributed by atoms with Crippen LogP contribution in [-0.2, 0) is 9.63 Å². The minimum atomic E-state index is -0.299. The van der Waals surface area contributed by atoms with Crippen LogP contribution in [0.2, 0.25) is 5.02 Å². The number of rotatable bonds is 9. The Morgan fingerprint density at radius 3 is 2.62 bits per heavy atom. The van der Waals surface area contributed by atoms with E-state index < -0.39 is 0 Å². The zero-order valence-electron chi connectivity index (χ0n) is 22.8. The number of amides is 1. The van der Waals surface area contributed by atoms with E-state index in [1.54, 1.807) is 19.3 Å². The van der Waals surface area contributed by atoms with E-state index in [1.807, 2.05) is 42.3 Å². The fourth-order valence-corrected chi connectivity index (χ4v) is 5.04. The summed E-state index contributed by atoms with van der Waals surface area (Å²) in [7, 11) is 1.60. The quantitative estimate of drug-likeness (QED) is 0.260. The molecule has 39 heavy (non-hydrogen) atoms. The van der Waals surface area contributed by atoms with Gasteiger partial charge in [-0.2, -0.15) is 0 Å². The van der Waals surface area contributed by atoms with E-state index in [4.69, 9.17) is 26.9 Å². The van der Waals surface area contributed by atoms with Gasteiger partial charge in [0.2, 0.25) is 5.91 Å². The zero-order chi connectivity index (χ0) is 27.9. The molecular weight excluding hydrogens is 516 g/mol. The first-order valence-electron chi connectivity index (χ1n) is 13.2. The van der Waals surface area contributed by atoms with Crippen LogP contribution in [0.5, 0.6) is 5.75 Å². The summed E-state index contributed by atoms with van der Waals surface area (Å²) < 4.78 is 5.70. The average Bonchev–Trinajstić information content (AvgIpc) is 3.44. The van der Waals surface area contributed by atoms with Crippen LogP contribution in [0.3, 0.4) is 0 Å². The van der Waals surface area contributed by atoms with Crippen LogP contribution in [0.25, 0.3) is 0 Å². The number of methoxy groups -OCH3 is 1. The van der Waals surface area contributed by atoms with Gasteiger partial charge in [-0.3, -0.25) is 14.7 Å². The highest BCUT2D eigenvalue weighted by Crippen LogP contribution is 2.39. The van der Waals surface area contributed by atoms with Crippen LogP contribution >= 0.6 is 11.6 Å². The minimum Gasteiger partial charge on any atom is -0.494 e. The molecule has 0 aromatic heterocycles. The summed E-state index contributed by atoms with van der Waals surface area (Å²) in [6.07, 6.45) is 3.87. The molecule has 0 spiro atoms. The van der Waals surface area contributed by atoms with Crippen molar-refractivity contribution in [2.75, 3.05) is 56.7 Å². The SMILES string of the molecule is C=CC(=O)Nc1cc(N=C(N)/C=C(\C)N2OCC[C@@H]2c2ccc(Cl)cc2)c(OC)cc1N1CCN(CC)CC1. The number of carbonyl (C=O) groups is 1. The number of benzene rings is 2. The molecule has 2 fully saturated rings. The van der Waals surface area contributed by atoms with Crippen molar-refractivity contribution in [1.29, 1.82) is 0 Å². The molecule has 3 N–H and O–H groups in total. The first kappa shape index (κ1) is 28.5. The van der Waals surface area contributed by atoms with Crippen molar-refractivity contribution in [3.63, 3.8) is 0 Å². The second kappa shape index (κ2) is 13.0. The van der Waals surface area contributed by atoms with Gasteiger partial charge in [-0.05, 0) is 43.3 Å². The summed E-state index contributed by atoms with van der Waals surface area (Å²) in [5.74, 6) is 0.540. The fourth-order valence-electron chi connectivity index (χ4n) is 4.91. The van der Waals surface area contributed by atoms with Gasteiger partial charge in [0, 0.05) is 55.5 Å².